The summed E-state index contributed by atoms with van der Waals surface area (Å²) in [5.74, 6) is 0. The summed E-state index contributed by atoms with van der Waals surface area (Å²) >= 11 is 0. The van der Waals surface area contributed by atoms with Gasteiger partial charge in [-0.25, -0.2) is 0 Å². The number of hydrogen-bond donors (Lipinski definition) is 1. The number of hydrogen-bond acceptors (Lipinski definition) is 1. The number of halogens is 1. The summed E-state index contributed by atoms with van der Waals surface area (Å²) in [6, 6.07) is 0. The van der Waals surface area contributed by atoms with E-state index in [0.29, 0.717) is 6.54 Å². The van der Waals surface area contributed by atoms with E-state index in [9.17, 15) is 4.48 Å². The molecule has 1 N–H and O–H groups in total. The van der Waals surface area contributed by atoms with Gasteiger partial charge in [0.05, 0.1) is 0 Å². The molecule has 0 rings (SSSR count). The van der Waals surface area contributed by atoms with Gasteiger partial charge in [0.1, 0.15) is 0 Å². The van der Waals surface area contributed by atoms with E-state index in [1.54, 1.807) is 5.54 Å². The molecule has 0 spiro atoms. The molecule has 18 heavy (non-hydrogen) atoms. The molecule has 0 atom stereocenters. The van der Waals surface area contributed by atoms with Gasteiger partial charge in [0.2, 0.25) is 0 Å². The van der Waals surface area contributed by atoms with Crippen LogP contribution in [0.15, 0.2) is 0 Å². The lowest BCUT2D eigenvalue weighted by atomic mass is 10.0. The van der Waals surface area contributed by atoms with Crippen LogP contribution in [0.4, 0.5) is 4.48 Å². The minimum absolute atomic E-state index is 0.526. The monoisotopic (exact) mass is 259 g/mol. The van der Waals surface area contributed by atoms with Crippen LogP contribution >= 0.6 is 0 Å². The Morgan fingerprint density at radius 3 is 1.22 bits per heavy atom. The Balaban J connectivity index is 2.86. The molecule has 0 saturated carbocycles. The summed E-state index contributed by atoms with van der Waals surface area (Å²) in [7, 11) is 0. The summed E-state index contributed by atoms with van der Waals surface area (Å²) in [4.78, 5) is 0. The van der Waals surface area contributed by atoms with Gasteiger partial charge in [-0.15, -0.1) is 4.48 Å². The molecule has 1 nitrogen and oxygen atoms in total. The molecule has 110 valence electrons. The Bertz CT molecular complexity index is 123. The second-order valence-corrected chi connectivity index (χ2v) is 5.48. The average molecular weight is 259 g/mol. The fraction of sp³-hybridized carbons (Fsp3) is 1.00. The molecule has 0 saturated heterocycles. The van der Waals surface area contributed by atoms with Crippen LogP contribution in [0.3, 0.4) is 0 Å². The number of rotatable bonds is 15. The van der Waals surface area contributed by atoms with Crippen molar-refractivity contribution in [3.8, 4) is 0 Å². The van der Waals surface area contributed by atoms with Crippen molar-refractivity contribution in [3.63, 3.8) is 0 Å². The first kappa shape index (κ1) is 17.9. The lowest BCUT2D eigenvalue weighted by Gasteiger charge is -2.02. The first-order chi connectivity index (χ1) is 8.91. The maximum atomic E-state index is 11.6. The van der Waals surface area contributed by atoms with Gasteiger partial charge in [-0.3, -0.25) is 0 Å². The summed E-state index contributed by atoms with van der Waals surface area (Å²) in [6.07, 6.45) is 18.9. The zero-order valence-electron chi connectivity index (χ0n) is 12.5. The van der Waals surface area contributed by atoms with E-state index in [2.05, 4.69) is 6.92 Å². The molecule has 0 heterocycles. The lowest BCUT2D eigenvalue weighted by Crippen LogP contribution is -2.01. The highest BCUT2D eigenvalue weighted by molar-refractivity contribution is 4.49. The maximum absolute atomic E-state index is 11.6. The van der Waals surface area contributed by atoms with Crippen molar-refractivity contribution >= 4 is 0 Å². The van der Waals surface area contributed by atoms with E-state index in [-0.39, 0.29) is 0 Å². The van der Waals surface area contributed by atoms with Gasteiger partial charge >= 0.3 is 0 Å². The highest BCUT2D eigenvalue weighted by Crippen LogP contribution is 2.12. The molecule has 0 aromatic rings. The van der Waals surface area contributed by atoms with Crippen molar-refractivity contribution in [2.24, 2.45) is 0 Å². The van der Waals surface area contributed by atoms with E-state index in [0.717, 1.165) is 6.42 Å². The van der Waals surface area contributed by atoms with Crippen LogP contribution in [0, 0.1) is 0 Å². The fourth-order valence-electron chi connectivity index (χ4n) is 2.39. The molecule has 0 aliphatic rings. The Labute approximate surface area is 114 Å². The molecule has 0 radical (unpaired) electrons. The third kappa shape index (κ3) is 15.9. The van der Waals surface area contributed by atoms with Crippen molar-refractivity contribution < 1.29 is 4.48 Å². The average Bonchev–Trinajstić information content (AvgIpc) is 2.39. The van der Waals surface area contributed by atoms with Crippen LogP contribution in [-0.4, -0.2) is 6.54 Å². The van der Waals surface area contributed by atoms with Crippen LogP contribution in [0.2, 0.25) is 0 Å². The molecule has 2 heteroatoms. The summed E-state index contributed by atoms with van der Waals surface area (Å²) < 4.78 is 11.6. The Hall–Kier alpha value is -0.110. The Kier molecular flexibility index (Phi) is 16.8. The van der Waals surface area contributed by atoms with Gasteiger partial charge < -0.3 is 0 Å². The predicted octanol–water partition coefficient (Wildman–Crippen LogP) is 5.94. The van der Waals surface area contributed by atoms with E-state index >= 15 is 0 Å². The lowest BCUT2D eigenvalue weighted by molar-refractivity contribution is 0.327. The number of nitrogens with one attached hydrogen (secondary N) is 1. The van der Waals surface area contributed by atoms with Crippen molar-refractivity contribution in [2.75, 3.05) is 6.54 Å². The van der Waals surface area contributed by atoms with Gasteiger partial charge in [0.25, 0.3) is 0 Å². The van der Waals surface area contributed by atoms with Gasteiger partial charge in [-0.2, -0.15) is 5.54 Å². The van der Waals surface area contributed by atoms with Crippen molar-refractivity contribution in [2.45, 2.75) is 96.8 Å². The minimum Gasteiger partial charge on any atom is -0.159 e. The smallest absolute Gasteiger partial charge is 0.0259 e. The first-order valence-corrected chi connectivity index (χ1v) is 8.25. The molecular weight excluding hydrogens is 225 g/mol. The van der Waals surface area contributed by atoms with E-state index in [1.165, 1.54) is 83.5 Å². The second kappa shape index (κ2) is 16.9. The van der Waals surface area contributed by atoms with E-state index < -0.39 is 0 Å². The van der Waals surface area contributed by atoms with E-state index in [4.69, 9.17) is 0 Å². The fourth-order valence-corrected chi connectivity index (χ4v) is 2.39. The number of unbranched alkanes of at least 4 members (excludes halogenated alkanes) is 13. The van der Waals surface area contributed by atoms with Crippen molar-refractivity contribution in [3.05, 3.63) is 0 Å². The van der Waals surface area contributed by atoms with Gasteiger partial charge in [-0.1, -0.05) is 90.4 Å². The van der Waals surface area contributed by atoms with Crippen LogP contribution in [-0.2, 0) is 0 Å². The summed E-state index contributed by atoms with van der Waals surface area (Å²) in [6.45, 7) is 2.80. The van der Waals surface area contributed by atoms with Gasteiger partial charge in [-0.05, 0) is 6.42 Å². The second-order valence-electron chi connectivity index (χ2n) is 5.48. The largest absolute Gasteiger partial charge is 0.159 e. The third-order valence-electron chi connectivity index (χ3n) is 3.62. The molecule has 0 aliphatic heterocycles. The van der Waals surface area contributed by atoms with Crippen molar-refractivity contribution in [1.82, 2.24) is 5.54 Å². The van der Waals surface area contributed by atoms with E-state index in [1.807, 2.05) is 0 Å². The Morgan fingerprint density at radius 1 is 0.556 bits per heavy atom. The van der Waals surface area contributed by atoms with Gasteiger partial charge in [0, 0.05) is 6.54 Å². The quantitative estimate of drug-likeness (QED) is 0.283. The molecule has 0 aromatic heterocycles. The van der Waals surface area contributed by atoms with Crippen LogP contribution in [0.5, 0.6) is 0 Å². The molecule has 0 unspecified atom stereocenters. The van der Waals surface area contributed by atoms with Crippen LogP contribution in [0.1, 0.15) is 96.8 Å². The maximum Gasteiger partial charge on any atom is 0.0259 e. The molecule has 0 amide bonds. The molecule has 0 bridgehead atoms. The van der Waals surface area contributed by atoms with Crippen molar-refractivity contribution in [1.29, 1.82) is 0 Å². The summed E-state index contributed by atoms with van der Waals surface area (Å²) in [5, 5.41) is 0. The zero-order chi connectivity index (χ0) is 13.3. The van der Waals surface area contributed by atoms with Crippen LogP contribution in [0.25, 0.3) is 0 Å². The topological polar surface area (TPSA) is 12.0 Å². The molecule has 0 aromatic carbocycles. The summed E-state index contributed by atoms with van der Waals surface area (Å²) in [5.41, 5.74) is 1.71. The van der Waals surface area contributed by atoms with Gasteiger partial charge in [0.15, 0.2) is 0 Å². The standard InChI is InChI=1S/C16H34FN/c1-2-3-4-5-6-7-8-9-10-11-12-13-14-15-16-18-17/h18H,2-16H2,1H3. The first-order valence-electron chi connectivity index (χ1n) is 8.25. The van der Waals surface area contributed by atoms with Crippen LogP contribution < -0.4 is 5.54 Å². The minimum atomic E-state index is 0.526. The highest BCUT2D eigenvalue weighted by Gasteiger charge is 1.93. The highest BCUT2D eigenvalue weighted by atomic mass is 19.2. The molecule has 0 fully saturated rings. The zero-order valence-corrected chi connectivity index (χ0v) is 12.5. The third-order valence-corrected chi connectivity index (χ3v) is 3.62. The molecular formula is C16H34FN. The molecule has 0 aliphatic carbocycles. The SMILES string of the molecule is CCCCCCCCCCCCCCCCNF. The predicted molar refractivity (Wildman–Crippen MR) is 79.4 cm³/mol. The normalized spacial score (nSPS) is 11.0. The Morgan fingerprint density at radius 2 is 0.889 bits per heavy atom.